The van der Waals surface area contributed by atoms with Gasteiger partial charge in [0.15, 0.2) is 0 Å². The summed E-state index contributed by atoms with van der Waals surface area (Å²) in [7, 11) is -3.50. The Hall–Kier alpha value is -2.18. The maximum atomic E-state index is 12.9. The van der Waals surface area contributed by atoms with Crippen LogP contribution in [0.4, 0.5) is 5.69 Å². The van der Waals surface area contributed by atoms with Crippen LogP contribution >= 0.6 is 0 Å². The van der Waals surface area contributed by atoms with Crippen molar-refractivity contribution >= 4 is 21.6 Å². The Morgan fingerprint density at radius 2 is 1.80 bits per heavy atom. The number of nitrogens with one attached hydrogen (secondary N) is 1. The van der Waals surface area contributed by atoms with Crippen LogP contribution in [0.15, 0.2) is 42.5 Å². The zero-order chi connectivity index (χ0) is 18.2. The topological polar surface area (TPSA) is 66.5 Å². The van der Waals surface area contributed by atoms with Crippen molar-refractivity contribution in [2.24, 2.45) is 0 Å². The Bertz CT molecular complexity index is 922. The van der Waals surface area contributed by atoms with Crippen LogP contribution in [0.3, 0.4) is 0 Å². The second-order valence-corrected chi connectivity index (χ2v) is 8.54. The smallest absolute Gasteiger partial charge is 0.243 e. The van der Waals surface area contributed by atoms with E-state index in [-0.39, 0.29) is 12.5 Å². The average molecular weight is 358 g/mol. The summed E-state index contributed by atoms with van der Waals surface area (Å²) in [4.78, 5) is 12.9. The average Bonchev–Trinajstić information content (AvgIpc) is 2.56. The van der Waals surface area contributed by atoms with Gasteiger partial charge in [-0.05, 0) is 48.6 Å². The molecule has 0 bridgehead atoms. The van der Waals surface area contributed by atoms with E-state index in [0.717, 1.165) is 34.2 Å². The van der Waals surface area contributed by atoms with E-state index in [4.69, 9.17) is 0 Å². The van der Waals surface area contributed by atoms with E-state index in [1.54, 1.807) is 0 Å². The van der Waals surface area contributed by atoms with Crippen molar-refractivity contribution in [1.82, 2.24) is 4.31 Å². The molecule has 1 atom stereocenters. The molecule has 6 heteroatoms. The Morgan fingerprint density at radius 1 is 1.12 bits per heavy atom. The Morgan fingerprint density at radius 3 is 2.48 bits per heavy atom. The van der Waals surface area contributed by atoms with Gasteiger partial charge in [-0.15, -0.1) is 0 Å². The first-order valence-electron chi connectivity index (χ1n) is 8.17. The number of hydrogen-bond acceptors (Lipinski definition) is 3. The van der Waals surface area contributed by atoms with Crippen LogP contribution < -0.4 is 5.32 Å². The monoisotopic (exact) mass is 358 g/mol. The molecule has 0 unspecified atom stereocenters. The molecule has 3 rings (SSSR count). The van der Waals surface area contributed by atoms with Crippen molar-refractivity contribution in [3.63, 3.8) is 0 Å². The number of fused-ring (bicyclic) bond motifs is 1. The standard InChI is InChI=1S/C19H22N2O3S/c1-13-8-9-14(2)17(10-13)20-19(22)18-11-15-6-4-5-7-16(15)12-21(18)25(3,23)24/h4-10,18H,11-12H2,1-3H3,(H,20,22)/t18-/m0/s1. The zero-order valence-corrected chi connectivity index (χ0v) is 15.4. The van der Waals surface area contributed by atoms with E-state index in [1.807, 2.05) is 56.3 Å². The highest BCUT2D eigenvalue weighted by Gasteiger charge is 2.36. The van der Waals surface area contributed by atoms with Crippen molar-refractivity contribution in [3.05, 3.63) is 64.7 Å². The summed E-state index contributed by atoms with van der Waals surface area (Å²) in [5.41, 5.74) is 4.67. The molecule has 2 aromatic rings. The minimum absolute atomic E-state index is 0.222. The number of aryl methyl sites for hydroxylation is 2. The Balaban J connectivity index is 1.93. The normalized spacial score (nSPS) is 17.8. The molecule has 1 heterocycles. The van der Waals surface area contributed by atoms with Gasteiger partial charge in [-0.2, -0.15) is 4.31 Å². The molecule has 0 fully saturated rings. The summed E-state index contributed by atoms with van der Waals surface area (Å²) in [6.45, 7) is 4.09. The largest absolute Gasteiger partial charge is 0.324 e. The van der Waals surface area contributed by atoms with Crippen LogP contribution in [0.1, 0.15) is 22.3 Å². The number of hydrogen-bond donors (Lipinski definition) is 1. The number of carbonyl (C=O) groups excluding carboxylic acids is 1. The number of carbonyl (C=O) groups is 1. The fraction of sp³-hybridized carbons (Fsp3) is 0.316. The van der Waals surface area contributed by atoms with Gasteiger partial charge in [-0.1, -0.05) is 36.4 Å². The molecule has 0 saturated heterocycles. The zero-order valence-electron chi connectivity index (χ0n) is 14.6. The highest BCUT2D eigenvalue weighted by atomic mass is 32.2. The minimum atomic E-state index is -3.50. The second-order valence-electron chi connectivity index (χ2n) is 6.60. The minimum Gasteiger partial charge on any atom is -0.324 e. The summed E-state index contributed by atoms with van der Waals surface area (Å²) >= 11 is 0. The summed E-state index contributed by atoms with van der Waals surface area (Å²) in [5, 5.41) is 2.91. The van der Waals surface area contributed by atoms with Crippen molar-refractivity contribution in [2.45, 2.75) is 32.9 Å². The van der Waals surface area contributed by atoms with Crippen LogP contribution in [0.5, 0.6) is 0 Å². The third-order valence-electron chi connectivity index (χ3n) is 4.59. The number of amides is 1. The number of sulfonamides is 1. The van der Waals surface area contributed by atoms with Crippen molar-refractivity contribution < 1.29 is 13.2 Å². The van der Waals surface area contributed by atoms with Crippen molar-refractivity contribution in [2.75, 3.05) is 11.6 Å². The lowest BCUT2D eigenvalue weighted by molar-refractivity contribution is -0.120. The van der Waals surface area contributed by atoms with Crippen LogP contribution in [0.25, 0.3) is 0 Å². The third kappa shape index (κ3) is 3.75. The third-order valence-corrected chi connectivity index (χ3v) is 5.82. The van der Waals surface area contributed by atoms with Gasteiger partial charge in [-0.25, -0.2) is 8.42 Å². The van der Waals surface area contributed by atoms with Crippen LogP contribution in [0.2, 0.25) is 0 Å². The number of rotatable bonds is 3. The molecule has 0 aliphatic carbocycles. The highest BCUT2D eigenvalue weighted by Crippen LogP contribution is 2.27. The molecule has 0 saturated carbocycles. The van der Waals surface area contributed by atoms with Gasteiger partial charge in [0.25, 0.3) is 0 Å². The van der Waals surface area contributed by atoms with E-state index in [2.05, 4.69) is 5.32 Å². The summed E-state index contributed by atoms with van der Waals surface area (Å²) in [6, 6.07) is 12.7. The summed E-state index contributed by atoms with van der Waals surface area (Å²) in [6.07, 6.45) is 1.53. The van der Waals surface area contributed by atoms with Gasteiger partial charge in [0.05, 0.1) is 6.26 Å². The number of anilines is 1. The van der Waals surface area contributed by atoms with Gasteiger partial charge in [0, 0.05) is 12.2 Å². The highest BCUT2D eigenvalue weighted by molar-refractivity contribution is 7.88. The molecule has 25 heavy (non-hydrogen) atoms. The van der Waals surface area contributed by atoms with Gasteiger partial charge in [0.1, 0.15) is 6.04 Å². The molecule has 1 aliphatic rings. The molecule has 0 spiro atoms. The number of nitrogens with zero attached hydrogens (tertiary/aromatic N) is 1. The quantitative estimate of drug-likeness (QED) is 0.917. The van der Waals surface area contributed by atoms with E-state index < -0.39 is 16.1 Å². The first-order valence-corrected chi connectivity index (χ1v) is 10.0. The summed E-state index contributed by atoms with van der Waals surface area (Å²) in [5.74, 6) is -0.298. The number of benzene rings is 2. The maximum Gasteiger partial charge on any atom is 0.243 e. The molecule has 1 aliphatic heterocycles. The van der Waals surface area contributed by atoms with E-state index in [9.17, 15) is 13.2 Å². The van der Waals surface area contributed by atoms with Crippen molar-refractivity contribution in [1.29, 1.82) is 0 Å². The molecule has 0 radical (unpaired) electrons. The molecular formula is C19H22N2O3S. The molecule has 1 amide bonds. The maximum absolute atomic E-state index is 12.9. The van der Waals surface area contributed by atoms with Crippen molar-refractivity contribution in [3.8, 4) is 0 Å². The van der Waals surface area contributed by atoms with Gasteiger partial charge >= 0.3 is 0 Å². The molecule has 0 aromatic heterocycles. The lowest BCUT2D eigenvalue weighted by atomic mass is 9.95. The van der Waals surface area contributed by atoms with E-state index in [0.29, 0.717) is 6.42 Å². The molecular weight excluding hydrogens is 336 g/mol. The Labute approximate surface area is 148 Å². The van der Waals surface area contributed by atoms with Crippen LogP contribution in [-0.4, -0.2) is 30.9 Å². The second kappa shape index (κ2) is 6.61. The van der Waals surface area contributed by atoms with E-state index >= 15 is 0 Å². The first-order chi connectivity index (χ1) is 11.8. The van der Waals surface area contributed by atoms with Gasteiger partial charge < -0.3 is 5.32 Å². The lowest BCUT2D eigenvalue weighted by Crippen LogP contribution is -2.50. The van der Waals surface area contributed by atoms with Crippen LogP contribution in [-0.2, 0) is 27.8 Å². The summed E-state index contributed by atoms with van der Waals surface area (Å²) < 4.78 is 25.7. The molecule has 2 aromatic carbocycles. The predicted molar refractivity (Wildman–Crippen MR) is 98.9 cm³/mol. The SMILES string of the molecule is Cc1ccc(C)c(NC(=O)[C@@H]2Cc3ccccc3CN2S(C)(=O)=O)c1. The fourth-order valence-corrected chi connectivity index (χ4v) is 4.16. The molecule has 132 valence electrons. The first kappa shape index (κ1) is 17.6. The fourth-order valence-electron chi connectivity index (χ4n) is 3.16. The van der Waals surface area contributed by atoms with Gasteiger partial charge in [-0.3, -0.25) is 4.79 Å². The van der Waals surface area contributed by atoms with Gasteiger partial charge in [0.2, 0.25) is 15.9 Å². The molecule has 5 nitrogen and oxygen atoms in total. The Kier molecular flexibility index (Phi) is 4.67. The lowest BCUT2D eigenvalue weighted by Gasteiger charge is -2.34. The van der Waals surface area contributed by atoms with Crippen LogP contribution in [0, 0.1) is 13.8 Å². The predicted octanol–water partition coefficient (Wildman–Crippen LogP) is 2.63. The molecule has 1 N–H and O–H groups in total. The van der Waals surface area contributed by atoms with E-state index in [1.165, 1.54) is 4.31 Å².